The van der Waals surface area contributed by atoms with Crippen LogP contribution in [0.2, 0.25) is 0 Å². The van der Waals surface area contributed by atoms with Crippen molar-refractivity contribution in [3.8, 4) is 5.75 Å². The summed E-state index contributed by atoms with van der Waals surface area (Å²) in [5.74, 6) is -0.0867. The van der Waals surface area contributed by atoms with Gasteiger partial charge in [0.15, 0.2) is 6.61 Å². The van der Waals surface area contributed by atoms with Gasteiger partial charge in [-0.3, -0.25) is 9.59 Å². The van der Waals surface area contributed by atoms with Crippen LogP contribution >= 0.6 is 27.7 Å². The first-order valence-corrected chi connectivity index (χ1v) is 9.00. The topological polar surface area (TPSA) is 52.6 Å². The van der Waals surface area contributed by atoms with E-state index in [4.69, 9.17) is 9.47 Å². The highest BCUT2D eigenvalue weighted by Gasteiger charge is 2.14. The molecule has 0 N–H and O–H groups in total. The Labute approximate surface area is 153 Å². The lowest BCUT2D eigenvalue weighted by Crippen LogP contribution is -2.16. The van der Waals surface area contributed by atoms with E-state index in [-0.39, 0.29) is 18.1 Å². The largest absolute Gasteiger partial charge is 0.496 e. The van der Waals surface area contributed by atoms with Crippen molar-refractivity contribution < 1.29 is 19.1 Å². The monoisotopic (exact) mass is 408 g/mol. The number of aryl methyl sites for hydroxylation is 1. The Morgan fingerprint density at radius 1 is 1.17 bits per heavy atom. The third kappa shape index (κ3) is 5.11. The minimum Gasteiger partial charge on any atom is -0.496 e. The smallest absolute Gasteiger partial charge is 0.316 e. The number of hydrogen-bond donors (Lipinski definition) is 0. The van der Waals surface area contributed by atoms with Crippen LogP contribution in [0, 0.1) is 6.92 Å². The summed E-state index contributed by atoms with van der Waals surface area (Å²) in [7, 11) is 1.50. The molecule has 0 aliphatic carbocycles. The molecular weight excluding hydrogens is 392 g/mol. The molecule has 0 atom stereocenters. The maximum Gasteiger partial charge on any atom is 0.316 e. The quantitative estimate of drug-likeness (QED) is 0.388. The highest BCUT2D eigenvalue weighted by molar-refractivity contribution is 9.10. The molecule has 6 heteroatoms. The van der Waals surface area contributed by atoms with Crippen LogP contribution < -0.4 is 4.74 Å². The van der Waals surface area contributed by atoms with Gasteiger partial charge in [0.05, 0.1) is 18.4 Å². The van der Waals surface area contributed by atoms with E-state index in [0.717, 1.165) is 14.9 Å². The van der Waals surface area contributed by atoms with Gasteiger partial charge in [-0.05, 0) is 42.8 Å². The molecule has 0 aromatic heterocycles. The Morgan fingerprint density at radius 3 is 2.62 bits per heavy atom. The second kappa shape index (κ2) is 8.89. The van der Waals surface area contributed by atoms with Crippen LogP contribution in [0.1, 0.15) is 15.9 Å². The molecule has 0 saturated heterocycles. The van der Waals surface area contributed by atoms with Crippen molar-refractivity contribution in [3.63, 3.8) is 0 Å². The summed E-state index contributed by atoms with van der Waals surface area (Å²) in [6.07, 6.45) is 0. The van der Waals surface area contributed by atoms with Crippen molar-refractivity contribution in [2.75, 3.05) is 19.5 Å². The van der Waals surface area contributed by atoms with Gasteiger partial charge in [0, 0.05) is 9.37 Å². The fraction of sp³-hybridized carbons (Fsp3) is 0.222. The first-order valence-electron chi connectivity index (χ1n) is 7.22. The summed E-state index contributed by atoms with van der Waals surface area (Å²) < 4.78 is 11.2. The van der Waals surface area contributed by atoms with Crippen LogP contribution in [0.15, 0.2) is 51.8 Å². The lowest BCUT2D eigenvalue weighted by atomic mass is 10.1. The molecule has 0 bridgehead atoms. The number of para-hydroxylation sites is 1. The van der Waals surface area contributed by atoms with Gasteiger partial charge in [0.1, 0.15) is 5.75 Å². The van der Waals surface area contributed by atoms with Crippen molar-refractivity contribution in [1.29, 1.82) is 0 Å². The van der Waals surface area contributed by atoms with Crippen LogP contribution in [-0.4, -0.2) is 31.2 Å². The van der Waals surface area contributed by atoms with Crippen molar-refractivity contribution in [2.24, 2.45) is 0 Å². The maximum atomic E-state index is 12.1. The van der Waals surface area contributed by atoms with Crippen LogP contribution in [0.4, 0.5) is 0 Å². The number of thioether (sulfide) groups is 1. The van der Waals surface area contributed by atoms with E-state index < -0.39 is 5.97 Å². The predicted octanol–water partition coefficient (Wildman–Crippen LogP) is 4.28. The van der Waals surface area contributed by atoms with E-state index in [1.165, 1.54) is 18.9 Å². The van der Waals surface area contributed by atoms with Crippen LogP contribution in [0.3, 0.4) is 0 Å². The fourth-order valence-corrected chi connectivity index (χ4v) is 3.33. The van der Waals surface area contributed by atoms with E-state index >= 15 is 0 Å². The zero-order valence-electron chi connectivity index (χ0n) is 13.4. The Kier molecular flexibility index (Phi) is 6.87. The van der Waals surface area contributed by atoms with E-state index in [2.05, 4.69) is 15.9 Å². The molecule has 0 aliphatic heterocycles. The Hall–Kier alpha value is -1.79. The van der Waals surface area contributed by atoms with Gasteiger partial charge < -0.3 is 9.47 Å². The fourth-order valence-electron chi connectivity index (χ4n) is 2.05. The summed E-state index contributed by atoms with van der Waals surface area (Å²) in [5, 5.41) is 0. The lowest BCUT2D eigenvalue weighted by molar-refractivity contribution is -0.139. The van der Waals surface area contributed by atoms with Crippen molar-refractivity contribution in [2.45, 2.75) is 11.8 Å². The second-order valence-corrected chi connectivity index (χ2v) is 6.92. The Balaban J connectivity index is 1.85. The van der Waals surface area contributed by atoms with Crippen LogP contribution in [0.25, 0.3) is 0 Å². The van der Waals surface area contributed by atoms with Crippen molar-refractivity contribution in [1.82, 2.24) is 0 Å². The van der Waals surface area contributed by atoms with Gasteiger partial charge in [-0.2, -0.15) is 0 Å². The van der Waals surface area contributed by atoms with Crippen LogP contribution in [0.5, 0.6) is 5.75 Å². The number of hydrogen-bond acceptors (Lipinski definition) is 5. The van der Waals surface area contributed by atoms with Gasteiger partial charge in [-0.25, -0.2) is 0 Å². The van der Waals surface area contributed by atoms with E-state index in [0.29, 0.717) is 11.3 Å². The van der Waals surface area contributed by atoms with E-state index in [1.807, 2.05) is 25.1 Å². The molecule has 0 unspecified atom stereocenters. The first kappa shape index (κ1) is 18.5. The standard InChI is InChI=1S/C18H17BrO4S/c1-12-9-13(19)7-8-17(12)24-11-18(21)23-10-15(20)14-5-3-4-6-16(14)22-2/h3-9H,10-11H2,1-2H3. The summed E-state index contributed by atoms with van der Waals surface area (Å²) in [6, 6.07) is 12.7. The maximum absolute atomic E-state index is 12.1. The number of rotatable bonds is 7. The normalized spacial score (nSPS) is 10.3. The molecule has 0 heterocycles. The molecule has 0 spiro atoms. The zero-order valence-corrected chi connectivity index (χ0v) is 15.8. The molecule has 0 saturated carbocycles. The van der Waals surface area contributed by atoms with Crippen molar-refractivity contribution in [3.05, 3.63) is 58.1 Å². The third-order valence-corrected chi connectivity index (χ3v) is 4.90. The second-order valence-electron chi connectivity index (χ2n) is 4.98. The SMILES string of the molecule is COc1ccccc1C(=O)COC(=O)CSc1ccc(Br)cc1C. The summed E-state index contributed by atoms with van der Waals surface area (Å²) in [6.45, 7) is 1.68. The zero-order chi connectivity index (χ0) is 17.5. The molecule has 2 aromatic carbocycles. The molecular formula is C18H17BrO4S. The highest BCUT2D eigenvalue weighted by atomic mass is 79.9. The van der Waals surface area contributed by atoms with Gasteiger partial charge in [-0.15, -0.1) is 11.8 Å². The number of benzene rings is 2. The van der Waals surface area contributed by atoms with Crippen molar-refractivity contribution >= 4 is 39.4 Å². The molecule has 24 heavy (non-hydrogen) atoms. The summed E-state index contributed by atoms with van der Waals surface area (Å²) in [4.78, 5) is 25.0. The minimum absolute atomic E-state index is 0.154. The van der Waals surface area contributed by atoms with Crippen LogP contribution in [-0.2, 0) is 9.53 Å². The Bertz CT molecular complexity index is 746. The molecule has 126 valence electrons. The average Bonchev–Trinajstić information content (AvgIpc) is 2.58. The van der Waals surface area contributed by atoms with E-state index in [1.54, 1.807) is 24.3 Å². The average molecular weight is 409 g/mol. The molecule has 0 fully saturated rings. The number of halogens is 1. The molecule has 2 aromatic rings. The lowest BCUT2D eigenvalue weighted by Gasteiger charge is -2.08. The first-order chi connectivity index (χ1) is 11.5. The number of esters is 1. The van der Waals surface area contributed by atoms with Gasteiger partial charge in [-0.1, -0.05) is 28.1 Å². The molecule has 0 radical (unpaired) electrons. The number of ether oxygens (including phenoxy) is 2. The molecule has 4 nitrogen and oxygen atoms in total. The summed E-state index contributed by atoms with van der Waals surface area (Å²) >= 11 is 4.79. The van der Waals surface area contributed by atoms with Gasteiger partial charge in [0.2, 0.25) is 5.78 Å². The predicted molar refractivity (Wildman–Crippen MR) is 97.9 cm³/mol. The number of methoxy groups -OCH3 is 1. The number of carbonyl (C=O) groups excluding carboxylic acids is 2. The molecule has 0 amide bonds. The van der Waals surface area contributed by atoms with Gasteiger partial charge in [0.25, 0.3) is 0 Å². The van der Waals surface area contributed by atoms with E-state index in [9.17, 15) is 9.59 Å². The summed E-state index contributed by atoms with van der Waals surface area (Å²) in [5.41, 5.74) is 1.48. The number of ketones is 1. The molecule has 0 aliphatic rings. The minimum atomic E-state index is -0.425. The third-order valence-electron chi connectivity index (χ3n) is 3.25. The number of Topliss-reactive ketones (excluding diaryl/α,β-unsaturated/α-hetero) is 1. The highest BCUT2D eigenvalue weighted by Crippen LogP contribution is 2.25. The Morgan fingerprint density at radius 2 is 1.92 bits per heavy atom. The molecule has 2 rings (SSSR count). The number of carbonyl (C=O) groups is 2. The van der Waals surface area contributed by atoms with Gasteiger partial charge >= 0.3 is 5.97 Å².